The summed E-state index contributed by atoms with van der Waals surface area (Å²) < 4.78 is 0. The quantitative estimate of drug-likeness (QED) is 0.461. The molecule has 124 valence electrons. The Kier molecular flexibility index (Phi) is 7.27. The molecule has 0 atom stereocenters. The molecule has 2 aromatic carbocycles. The van der Waals surface area contributed by atoms with Crippen LogP contribution in [-0.4, -0.2) is 13.1 Å². The van der Waals surface area contributed by atoms with Gasteiger partial charge in [0.2, 0.25) is 0 Å². The molecule has 0 spiro atoms. The van der Waals surface area contributed by atoms with Crippen LogP contribution in [0.1, 0.15) is 6.42 Å². The molecule has 0 heterocycles. The van der Waals surface area contributed by atoms with Gasteiger partial charge in [0, 0.05) is 23.1 Å². The molecule has 0 fully saturated rings. The van der Waals surface area contributed by atoms with Gasteiger partial charge in [-0.2, -0.15) is 0 Å². The molecular weight excluding hydrogens is 421 g/mol. The van der Waals surface area contributed by atoms with Gasteiger partial charge in [-0.15, -0.1) is 0 Å². The monoisotopic (exact) mass is 430 g/mol. The van der Waals surface area contributed by atoms with Gasteiger partial charge in [-0.3, -0.25) is 0 Å². The highest BCUT2D eigenvalue weighted by Gasteiger charge is 2.08. The van der Waals surface area contributed by atoms with E-state index in [-0.39, 0.29) is 0 Å². The van der Waals surface area contributed by atoms with Crippen molar-refractivity contribution in [2.75, 3.05) is 23.7 Å². The van der Waals surface area contributed by atoms with E-state index in [0.717, 1.165) is 6.42 Å². The summed E-state index contributed by atoms with van der Waals surface area (Å²) in [5, 5.41) is 9.31. The molecule has 0 aliphatic rings. The van der Waals surface area contributed by atoms with Crippen molar-refractivity contribution in [2.24, 2.45) is 0 Å². The van der Waals surface area contributed by atoms with E-state index in [1.54, 1.807) is 24.3 Å². The Morgan fingerprint density at radius 2 is 0.870 bits per heavy atom. The maximum Gasteiger partial charge on any atom is 0.0720 e. The summed E-state index contributed by atoms with van der Waals surface area (Å²) in [6.45, 7) is 1.33. The fraction of sp³-hybridized carbons (Fsp3) is 0.200. The standard InChI is InChI=1S/C15H12Cl6N2/c16-8-4-10(18)14(11(19)5-8)22-2-1-3-23-15-12(20)6-9(17)7-13(15)21/h4-7,22-23H,1-3H2. The Balaban J connectivity index is 1.85. The van der Waals surface area contributed by atoms with Gasteiger partial charge >= 0.3 is 0 Å². The third-order valence-corrected chi connectivity index (χ3v) is 4.60. The molecule has 2 N–H and O–H groups in total. The second-order valence-electron chi connectivity index (χ2n) is 4.70. The number of benzene rings is 2. The average Bonchev–Trinajstić information content (AvgIpc) is 2.42. The van der Waals surface area contributed by atoms with Crippen molar-refractivity contribution in [1.82, 2.24) is 0 Å². The molecule has 2 rings (SSSR count). The van der Waals surface area contributed by atoms with E-state index in [1.165, 1.54) is 0 Å². The largest absolute Gasteiger partial charge is 0.383 e. The molecular formula is C15H12Cl6N2. The number of hydrogen-bond acceptors (Lipinski definition) is 2. The van der Waals surface area contributed by atoms with E-state index in [1.807, 2.05) is 0 Å². The van der Waals surface area contributed by atoms with Crippen LogP contribution in [0, 0.1) is 0 Å². The lowest BCUT2D eigenvalue weighted by Gasteiger charge is -2.13. The first-order chi connectivity index (χ1) is 10.9. The normalized spacial score (nSPS) is 10.7. The minimum absolute atomic E-state index is 0.485. The Bertz CT molecular complexity index is 599. The molecule has 0 bridgehead atoms. The van der Waals surface area contributed by atoms with Gasteiger partial charge in [-0.1, -0.05) is 69.6 Å². The van der Waals surface area contributed by atoms with E-state index in [9.17, 15) is 0 Å². The van der Waals surface area contributed by atoms with Crippen LogP contribution >= 0.6 is 69.6 Å². The zero-order chi connectivity index (χ0) is 17.0. The minimum atomic E-state index is 0.485. The predicted octanol–water partition coefficient (Wildman–Crippen LogP) is 7.52. The fourth-order valence-electron chi connectivity index (χ4n) is 1.94. The van der Waals surface area contributed by atoms with E-state index in [4.69, 9.17) is 69.6 Å². The van der Waals surface area contributed by atoms with Gasteiger partial charge < -0.3 is 10.6 Å². The predicted molar refractivity (Wildman–Crippen MR) is 105 cm³/mol. The molecule has 23 heavy (non-hydrogen) atoms. The van der Waals surface area contributed by atoms with Crippen LogP contribution in [0.25, 0.3) is 0 Å². The number of hydrogen-bond donors (Lipinski definition) is 2. The molecule has 8 heteroatoms. The molecule has 2 aromatic rings. The molecule has 0 amide bonds. The van der Waals surface area contributed by atoms with Crippen molar-refractivity contribution in [2.45, 2.75) is 6.42 Å². The zero-order valence-corrected chi connectivity index (χ0v) is 16.2. The molecule has 0 aliphatic heterocycles. The molecule has 0 unspecified atom stereocenters. The number of nitrogens with one attached hydrogen (secondary N) is 2. The Labute approximate surface area is 165 Å². The SMILES string of the molecule is Clc1cc(Cl)c(NCCCNc2c(Cl)cc(Cl)cc2Cl)c(Cl)c1. The lowest BCUT2D eigenvalue weighted by Crippen LogP contribution is -2.10. The van der Waals surface area contributed by atoms with Crippen molar-refractivity contribution in [1.29, 1.82) is 0 Å². The van der Waals surface area contributed by atoms with Crippen LogP contribution in [-0.2, 0) is 0 Å². The van der Waals surface area contributed by atoms with Crippen LogP contribution in [0.5, 0.6) is 0 Å². The summed E-state index contributed by atoms with van der Waals surface area (Å²) in [6.07, 6.45) is 0.796. The number of anilines is 2. The topological polar surface area (TPSA) is 24.1 Å². The number of halogens is 6. The smallest absolute Gasteiger partial charge is 0.0720 e. The van der Waals surface area contributed by atoms with Gasteiger partial charge in [0.05, 0.1) is 31.5 Å². The lowest BCUT2D eigenvalue weighted by atomic mass is 10.3. The first-order valence-corrected chi connectivity index (χ1v) is 8.92. The maximum absolute atomic E-state index is 6.11. The first kappa shape index (κ1) is 19.1. The first-order valence-electron chi connectivity index (χ1n) is 6.65. The highest BCUT2D eigenvalue weighted by molar-refractivity contribution is 6.42. The van der Waals surface area contributed by atoms with Crippen LogP contribution in [0.3, 0.4) is 0 Å². The molecule has 0 aliphatic carbocycles. The van der Waals surface area contributed by atoms with Crippen molar-refractivity contribution in [3.05, 3.63) is 54.4 Å². The summed E-state index contributed by atoms with van der Waals surface area (Å²) in [5.74, 6) is 0. The highest BCUT2D eigenvalue weighted by atomic mass is 35.5. The summed E-state index contributed by atoms with van der Waals surface area (Å²) in [4.78, 5) is 0. The summed E-state index contributed by atoms with van der Waals surface area (Å²) in [5.41, 5.74) is 1.33. The Hall–Kier alpha value is -0.220. The average molecular weight is 433 g/mol. The lowest BCUT2D eigenvalue weighted by molar-refractivity contribution is 0.909. The van der Waals surface area contributed by atoms with Crippen molar-refractivity contribution in [3.8, 4) is 0 Å². The van der Waals surface area contributed by atoms with Crippen LogP contribution in [0.4, 0.5) is 11.4 Å². The van der Waals surface area contributed by atoms with E-state index < -0.39 is 0 Å². The second kappa shape index (κ2) is 8.75. The number of rotatable bonds is 6. The molecule has 0 radical (unpaired) electrons. The van der Waals surface area contributed by atoms with Crippen LogP contribution in [0.2, 0.25) is 30.1 Å². The summed E-state index contributed by atoms with van der Waals surface area (Å²) >= 11 is 36.2. The fourth-order valence-corrected chi connectivity index (χ4v) is 3.84. The maximum atomic E-state index is 6.11. The minimum Gasteiger partial charge on any atom is -0.383 e. The molecule has 0 aromatic heterocycles. The van der Waals surface area contributed by atoms with Crippen LogP contribution in [0.15, 0.2) is 24.3 Å². The van der Waals surface area contributed by atoms with Crippen molar-refractivity contribution < 1.29 is 0 Å². The van der Waals surface area contributed by atoms with Gasteiger partial charge in [-0.05, 0) is 30.7 Å². The summed E-state index contributed by atoms with van der Waals surface area (Å²) in [6, 6.07) is 6.57. The molecule has 0 saturated carbocycles. The zero-order valence-electron chi connectivity index (χ0n) is 11.7. The van der Waals surface area contributed by atoms with E-state index >= 15 is 0 Å². The highest BCUT2D eigenvalue weighted by Crippen LogP contribution is 2.34. The molecule has 2 nitrogen and oxygen atoms in total. The Morgan fingerprint density at radius 1 is 0.565 bits per heavy atom. The van der Waals surface area contributed by atoms with Gasteiger partial charge in [0.1, 0.15) is 0 Å². The second-order valence-corrected chi connectivity index (χ2v) is 7.20. The van der Waals surface area contributed by atoms with E-state index in [0.29, 0.717) is 54.6 Å². The summed E-state index contributed by atoms with van der Waals surface area (Å²) in [7, 11) is 0. The Morgan fingerprint density at radius 3 is 1.17 bits per heavy atom. The van der Waals surface area contributed by atoms with E-state index in [2.05, 4.69) is 10.6 Å². The third kappa shape index (κ3) is 5.38. The molecule has 0 saturated heterocycles. The van der Waals surface area contributed by atoms with Gasteiger partial charge in [0.25, 0.3) is 0 Å². The third-order valence-electron chi connectivity index (χ3n) is 2.97. The van der Waals surface area contributed by atoms with Crippen molar-refractivity contribution in [3.63, 3.8) is 0 Å². The van der Waals surface area contributed by atoms with Crippen molar-refractivity contribution >= 4 is 81.0 Å². The van der Waals surface area contributed by atoms with Crippen LogP contribution < -0.4 is 10.6 Å². The van der Waals surface area contributed by atoms with Gasteiger partial charge in [0.15, 0.2) is 0 Å². The van der Waals surface area contributed by atoms with Gasteiger partial charge in [-0.25, -0.2) is 0 Å².